The Morgan fingerprint density at radius 1 is 0.881 bits per heavy atom. The van der Waals surface area contributed by atoms with E-state index in [0.29, 0.717) is 22.9 Å². The molecule has 3 N–H and O–H groups in total. The van der Waals surface area contributed by atoms with Gasteiger partial charge in [-0.15, -0.1) is 0 Å². The molecule has 0 saturated heterocycles. The number of carboxylic acids is 1. The number of hydrogen-bond acceptors (Lipinski definition) is 4. The zero-order valence-corrected chi connectivity index (χ0v) is 23.6. The molecule has 0 aromatic heterocycles. The fourth-order valence-corrected chi connectivity index (χ4v) is 5.44. The maximum absolute atomic E-state index is 13.5. The molecular weight excluding hydrogens is 567 g/mol. The van der Waals surface area contributed by atoms with Gasteiger partial charge in [0, 0.05) is 28.4 Å². The summed E-state index contributed by atoms with van der Waals surface area (Å²) in [4.78, 5) is 38.1. The average Bonchev–Trinajstić information content (AvgIpc) is 2.97. The van der Waals surface area contributed by atoms with Crippen LogP contribution in [-0.4, -0.2) is 35.1 Å². The smallest absolute Gasteiger partial charge is 0.446 e. The van der Waals surface area contributed by atoms with Crippen LogP contribution in [0.2, 0.25) is 0 Å². The molecule has 1 aliphatic rings. The molecule has 0 atom stereocenters. The number of rotatable bonds is 10. The minimum Gasteiger partial charge on any atom is -0.481 e. The fraction of sp³-hybridized carbons (Fsp3) is 0.323. The van der Waals surface area contributed by atoms with Crippen LogP contribution in [0, 0.1) is 0 Å². The lowest BCUT2D eigenvalue weighted by Gasteiger charge is -2.25. The van der Waals surface area contributed by atoms with Crippen molar-refractivity contribution in [2.24, 2.45) is 0 Å². The fourth-order valence-electron chi connectivity index (χ4n) is 4.90. The molecule has 11 heteroatoms. The van der Waals surface area contributed by atoms with Gasteiger partial charge in [-0.05, 0) is 90.2 Å². The number of urea groups is 1. The van der Waals surface area contributed by atoms with E-state index in [-0.39, 0.29) is 36.2 Å². The molecule has 42 heavy (non-hydrogen) atoms. The second-order valence-corrected chi connectivity index (χ2v) is 11.2. The van der Waals surface area contributed by atoms with E-state index in [1.54, 1.807) is 24.3 Å². The van der Waals surface area contributed by atoms with Crippen LogP contribution in [0.25, 0.3) is 0 Å². The number of thioether (sulfide) groups is 1. The number of carboxylic acid groups (broad SMARTS) is 1. The Balaban J connectivity index is 1.51. The third-order valence-electron chi connectivity index (χ3n) is 7.05. The van der Waals surface area contributed by atoms with Crippen molar-refractivity contribution < 1.29 is 32.7 Å². The zero-order chi connectivity index (χ0) is 30.1. The SMILES string of the molecule is O=C(O)CCNC(=O)c1ccc(N(Cc2ccc(C3CCCCC3)cc2)C(=O)Nc2ccc(SC(F)(F)F)cc2)cc1. The van der Waals surface area contributed by atoms with Crippen LogP contribution in [0.5, 0.6) is 0 Å². The number of nitrogens with one attached hydrogen (secondary N) is 2. The first-order valence-electron chi connectivity index (χ1n) is 13.7. The van der Waals surface area contributed by atoms with Gasteiger partial charge in [0.25, 0.3) is 5.91 Å². The summed E-state index contributed by atoms with van der Waals surface area (Å²) in [6, 6.07) is 19.4. The van der Waals surface area contributed by atoms with Gasteiger partial charge in [0.05, 0.1) is 13.0 Å². The van der Waals surface area contributed by atoms with Gasteiger partial charge in [0.1, 0.15) is 0 Å². The molecular formula is C31H32F3N3O4S. The number of aliphatic carboxylic acids is 1. The lowest BCUT2D eigenvalue weighted by Crippen LogP contribution is -2.34. The summed E-state index contributed by atoms with van der Waals surface area (Å²) in [5.41, 5.74) is -1.11. The van der Waals surface area contributed by atoms with Crippen LogP contribution < -0.4 is 15.5 Å². The molecule has 3 amide bonds. The standard InChI is InChI=1S/C31H32F3N3O4S/c32-31(33,34)42-27-16-12-25(13-17-27)36-30(41)37(20-21-6-8-23(9-7-21)22-4-2-1-3-5-22)26-14-10-24(11-15-26)29(40)35-19-18-28(38)39/h6-17,22H,1-5,18-20H2,(H,35,40)(H,36,41)(H,38,39). The minimum atomic E-state index is -4.41. The van der Waals surface area contributed by atoms with Crippen LogP contribution in [-0.2, 0) is 11.3 Å². The molecule has 7 nitrogen and oxygen atoms in total. The second-order valence-electron chi connectivity index (χ2n) is 10.1. The van der Waals surface area contributed by atoms with Crippen LogP contribution >= 0.6 is 11.8 Å². The molecule has 0 heterocycles. The highest BCUT2D eigenvalue weighted by molar-refractivity contribution is 8.00. The number of carbonyl (C=O) groups is 3. The molecule has 0 aliphatic heterocycles. The Hall–Kier alpha value is -3.99. The zero-order valence-electron chi connectivity index (χ0n) is 22.8. The molecule has 1 saturated carbocycles. The van der Waals surface area contributed by atoms with Gasteiger partial charge in [0.2, 0.25) is 0 Å². The van der Waals surface area contributed by atoms with Crippen molar-refractivity contribution in [3.8, 4) is 0 Å². The number of anilines is 2. The Kier molecular flexibility index (Phi) is 10.5. The van der Waals surface area contributed by atoms with Crippen LogP contribution in [0.15, 0.2) is 77.7 Å². The first-order chi connectivity index (χ1) is 20.1. The summed E-state index contributed by atoms with van der Waals surface area (Å²) in [6.07, 6.45) is 5.86. The minimum absolute atomic E-state index is 0.00707. The summed E-state index contributed by atoms with van der Waals surface area (Å²) < 4.78 is 38.1. The highest BCUT2D eigenvalue weighted by Gasteiger charge is 2.29. The Morgan fingerprint density at radius 2 is 1.52 bits per heavy atom. The van der Waals surface area contributed by atoms with E-state index in [4.69, 9.17) is 5.11 Å². The topological polar surface area (TPSA) is 98.7 Å². The Labute approximate surface area is 246 Å². The van der Waals surface area contributed by atoms with Crippen LogP contribution in [0.1, 0.15) is 65.9 Å². The van der Waals surface area contributed by atoms with E-state index in [1.807, 2.05) is 12.1 Å². The molecule has 0 unspecified atom stereocenters. The molecule has 1 fully saturated rings. The number of nitrogens with zero attached hydrogens (tertiary/aromatic N) is 1. The van der Waals surface area contributed by atoms with E-state index >= 15 is 0 Å². The largest absolute Gasteiger partial charge is 0.481 e. The van der Waals surface area contributed by atoms with Crippen LogP contribution in [0.3, 0.4) is 0 Å². The second kappa shape index (κ2) is 14.3. The number of carbonyl (C=O) groups excluding carboxylic acids is 2. The third kappa shape index (κ3) is 9.27. The Bertz CT molecular complexity index is 1360. The van der Waals surface area contributed by atoms with E-state index in [9.17, 15) is 27.6 Å². The first-order valence-corrected chi connectivity index (χ1v) is 14.5. The molecule has 222 valence electrons. The van der Waals surface area contributed by atoms with Crippen LogP contribution in [0.4, 0.5) is 29.3 Å². The number of hydrogen-bond donors (Lipinski definition) is 3. The Morgan fingerprint density at radius 3 is 2.12 bits per heavy atom. The van der Waals surface area contributed by atoms with E-state index in [1.165, 1.54) is 66.8 Å². The summed E-state index contributed by atoms with van der Waals surface area (Å²) >= 11 is -0.231. The van der Waals surface area contributed by atoms with Crippen molar-refractivity contribution in [3.05, 3.63) is 89.5 Å². The van der Waals surface area contributed by atoms with Gasteiger partial charge in [-0.25, -0.2) is 4.79 Å². The molecule has 4 rings (SSSR count). The number of alkyl halides is 3. The van der Waals surface area contributed by atoms with Gasteiger partial charge >= 0.3 is 17.5 Å². The molecule has 0 bridgehead atoms. The van der Waals surface area contributed by atoms with Gasteiger partial charge in [-0.3, -0.25) is 14.5 Å². The molecule has 3 aromatic carbocycles. The third-order valence-corrected chi connectivity index (χ3v) is 7.79. The van der Waals surface area contributed by atoms with Crippen molar-refractivity contribution in [3.63, 3.8) is 0 Å². The first kappa shape index (κ1) is 31.0. The van der Waals surface area contributed by atoms with Gasteiger partial charge in [0.15, 0.2) is 0 Å². The van der Waals surface area contributed by atoms with Gasteiger partial charge in [-0.2, -0.15) is 13.2 Å². The maximum Gasteiger partial charge on any atom is 0.446 e. The number of amides is 3. The van der Waals surface area contributed by atoms with E-state index in [2.05, 4.69) is 22.8 Å². The summed E-state index contributed by atoms with van der Waals surface area (Å²) in [5.74, 6) is -0.915. The van der Waals surface area contributed by atoms with Crippen molar-refractivity contribution in [1.82, 2.24) is 5.32 Å². The monoisotopic (exact) mass is 599 g/mol. The number of halogens is 3. The summed E-state index contributed by atoms with van der Waals surface area (Å²) in [5, 5.41) is 14.1. The van der Waals surface area contributed by atoms with E-state index < -0.39 is 23.4 Å². The van der Waals surface area contributed by atoms with Crippen molar-refractivity contribution in [2.45, 2.75) is 61.4 Å². The molecule has 1 aliphatic carbocycles. The highest BCUT2D eigenvalue weighted by Crippen LogP contribution is 2.37. The molecule has 3 aromatic rings. The highest BCUT2D eigenvalue weighted by atomic mass is 32.2. The van der Waals surface area contributed by atoms with Crippen molar-refractivity contribution in [2.75, 3.05) is 16.8 Å². The molecule has 0 spiro atoms. The summed E-state index contributed by atoms with van der Waals surface area (Å²) in [6.45, 7) is 0.199. The van der Waals surface area contributed by atoms with E-state index in [0.717, 1.165) is 5.56 Å². The lowest BCUT2D eigenvalue weighted by atomic mass is 9.84. The lowest BCUT2D eigenvalue weighted by molar-refractivity contribution is -0.136. The average molecular weight is 600 g/mol. The van der Waals surface area contributed by atoms with Crippen molar-refractivity contribution >= 4 is 41.0 Å². The van der Waals surface area contributed by atoms with Gasteiger partial charge in [-0.1, -0.05) is 43.5 Å². The van der Waals surface area contributed by atoms with Crippen molar-refractivity contribution in [1.29, 1.82) is 0 Å². The summed E-state index contributed by atoms with van der Waals surface area (Å²) in [7, 11) is 0. The quantitative estimate of drug-likeness (QED) is 0.207. The number of benzene rings is 3. The maximum atomic E-state index is 13.5. The normalized spacial score (nSPS) is 13.8. The molecule has 0 radical (unpaired) electrons. The van der Waals surface area contributed by atoms with Gasteiger partial charge < -0.3 is 15.7 Å². The predicted molar refractivity (Wildman–Crippen MR) is 157 cm³/mol. The predicted octanol–water partition coefficient (Wildman–Crippen LogP) is 7.79.